The minimum atomic E-state index is 0.205. The summed E-state index contributed by atoms with van der Waals surface area (Å²) in [6.07, 6.45) is 1.69. The van der Waals surface area contributed by atoms with E-state index in [9.17, 15) is 0 Å². The first-order valence-corrected chi connectivity index (χ1v) is 7.16. The minimum absolute atomic E-state index is 0.205. The van der Waals surface area contributed by atoms with Crippen LogP contribution in [0.15, 0.2) is 47.1 Å². The van der Waals surface area contributed by atoms with Gasteiger partial charge in [0.25, 0.3) is 0 Å². The van der Waals surface area contributed by atoms with Gasteiger partial charge in [-0.2, -0.15) is 0 Å². The van der Waals surface area contributed by atoms with Gasteiger partial charge in [-0.3, -0.25) is 0 Å². The Bertz CT molecular complexity index is 488. The number of ether oxygens (including phenoxy) is 1. The maximum atomic E-state index is 5.72. The van der Waals surface area contributed by atoms with E-state index in [2.05, 4.69) is 38.2 Å². The second kappa shape index (κ2) is 7.15. The Morgan fingerprint density at radius 3 is 2.45 bits per heavy atom. The molecule has 108 valence electrons. The Balaban J connectivity index is 1.70. The van der Waals surface area contributed by atoms with Crippen molar-refractivity contribution in [1.29, 1.82) is 0 Å². The maximum Gasteiger partial charge on any atom is 0.120 e. The van der Waals surface area contributed by atoms with Crippen LogP contribution in [0, 0.1) is 0 Å². The monoisotopic (exact) mass is 273 g/mol. The lowest BCUT2D eigenvalue weighted by molar-refractivity contribution is 0.301. The molecule has 0 saturated heterocycles. The Morgan fingerprint density at radius 2 is 1.85 bits per heavy atom. The van der Waals surface area contributed by atoms with Crippen LogP contribution in [0.4, 0.5) is 0 Å². The molecule has 1 aromatic carbocycles. The van der Waals surface area contributed by atoms with Crippen molar-refractivity contribution in [2.45, 2.75) is 32.7 Å². The summed E-state index contributed by atoms with van der Waals surface area (Å²) in [7, 11) is 0. The molecular weight excluding hydrogens is 250 g/mol. The number of furan rings is 1. The lowest BCUT2D eigenvalue weighted by atomic mass is 10.0. The second-order valence-electron chi connectivity index (χ2n) is 5.26. The van der Waals surface area contributed by atoms with Gasteiger partial charge in [-0.25, -0.2) is 0 Å². The molecule has 1 unspecified atom stereocenters. The summed E-state index contributed by atoms with van der Waals surface area (Å²) in [5.41, 5.74) is 1.34. The molecular formula is C17H23NO2. The summed E-state index contributed by atoms with van der Waals surface area (Å²) in [6.45, 7) is 7.89. The average molecular weight is 273 g/mol. The lowest BCUT2D eigenvalue weighted by Gasteiger charge is -2.12. The summed E-state index contributed by atoms with van der Waals surface area (Å²) in [6, 6.07) is 12.4. The Hall–Kier alpha value is -1.74. The van der Waals surface area contributed by atoms with Crippen LogP contribution in [0.3, 0.4) is 0 Å². The van der Waals surface area contributed by atoms with Gasteiger partial charge in [-0.1, -0.05) is 26.0 Å². The third-order valence-electron chi connectivity index (χ3n) is 3.34. The van der Waals surface area contributed by atoms with Crippen molar-refractivity contribution in [2.75, 3.05) is 13.2 Å². The molecule has 3 heteroatoms. The zero-order chi connectivity index (χ0) is 14.4. The lowest BCUT2D eigenvalue weighted by Crippen LogP contribution is -2.24. The van der Waals surface area contributed by atoms with Crippen molar-refractivity contribution >= 4 is 0 Å². The van der Waals surface area contributed by atoms with Gasteiger partial charge in [-0.15, -0.1) is 0 Å². The molecule has 0 spiro atoms. The molecule has 0 bridgehead atoms. The highest BCUT2D eigenvalue weighted by Gasteiger charge is 2.06. The molecule has 1 atom stereocenters. The molecule has 0 aliphatic carbocycles. The Morgan fingerprint density at radius 1 is 1.10 bits per heavy atom. The summed E-state index contributed by atoms with van der Waals surface area (Å²) >= 11 is 0. The van der Waals surface area contributed by atoms with Gasteiger partial charge in [0.2, 0.25) is 0 Å². The molecule has 1 aromatic heterocycles. The SMILES string of the molecule is CC(C)c1ccc(OCCNC(C)c2ccco2)cc1. The first-order valence-electron chi connectivity index (χ1n) is 7.16. The quantitative estimate of drug-likeness (QED) is 0.770. The van der Waals surface area contributed by atoms with Gasteiger partial charge in [0, 0.05) is 6.54 Å². The highest BCUT2D eigenvalue weighted by atomic mass is 16.5. The number of nitrogens with one attached hydrogen (secondary N) is 1. The zero-order valence-corrected chi connectivity index (χ0v) is 12.4. The van der Waals surface area contributed by atoms with Crippen LogP contribution in [-0.4, -0.2) is 13.2 Å². The van der Waals surface area contributed by atoms with Crippen molar-refractivity contribution in [2.24, 2.45) is 0 Å². The molecule has 0 radical (unpaired) electrons. The average Bonchev–Trinajstić information content (AvgIpc) is 2.98. The van der Waals surface area contributed by atoms with Crippen molar-refractivity contribution < 1.29 is 9.15 Å². The first kappa shape index (κ1) is 14.7. The molecule has 2 aromatic rings. The molecule has 3 nitrogen and oxygen atoms in total. The number of rotatable bonds is 7. The third kappa shape index (κ3) is 4.14. The first-order chi connectivity index (χ1) is 9.66. The van der Waals surface area contributed by atoms with Crippen LogP contribution in [0.5, 0.6) is 5.75 Å². The number of hydrogen-bond donors (Lipinski definition) is 1. The zero-order valence-electron chi connectivity index (χ0n) is 12.4. The van der Waals surface area contributed by atoms with Crippen LogP contribution in [0.1, 0.15) is 44.1 Å². The predicted molar refractivity (Wildman–Crippen MR) is 81.2 cm³/mol. The molecule has 0 aliphatic rings. The predicted octanol–water partition coefficient (Wildman–Crippen LogP) is 4.13. The van der Waals surface area contributed by atoms with E-state index in [1.54, 1.807) is 6.26 Å². The van der Waals surface area contributed by atoms with E-state index >= 15 is 0 Å². The van der Waals surface area contributed by atoms with Gasteiger partial charge in [0.05, 0.1) is 12.3 Å². The second-order valence-corrected chi connectivity index (χ2v) is 5.26. The molecule has 0 aliphatic heterocycles. The van der Waals surface area contributed by atoms with Crippen LogP contribution in [0.25, 0.3) is 0 Å². The Kier molecular flexibility index (Phi) is 5.24. The van der Waals surface area contributed by atoms with Crippen molar-refractivity contribution in [3.05, 3.63) is 54.0 Å². The van der Waals surface area contributed by atoms with Gasteiger partial charge in [0.1, 0.15) is 18.1 Å². The molecule has 1 N–H and O–H groups in total. The summed E-state index contributed by atoms with van der Waals surface area (Å²) in [5.74, 6) is 2.42. The molecule has 0 amide bonds. The highest BCUT2D eigenvalue weighted by molar-refractivity contribution is 5.28. The molecule has 20 heavy (non-hydrogen) atoms. The van der Waals surface area contributed by atoms with Crippen LogP contribution in [0.2, 0.25) is 0 Å². The fraction of sp³-hybridized carbons (Fsp3) is 0.412. The Labute approximate surface area is 121 Å². The van der Waals surface area contributed by atoms with Crippen molar-refractivity contribution in [1.82, 2.24) is 5.32 Å². The minimum Gasteiger partial charge on any atom is -0.492 e. The van der Waals surface area contributed by atoms with E-state index in [0.29, 0.717) is 12.5 Å². The van der Waals surface area contributed by atoms with Crippen LogP contribution < -0.4 is 10.1 Å². The largest absolute Gasteiger partial charge is 0.492 e. The van der Waals surface area contributed by atoms with E-state index in [-0.39, 0.29) is 6.04 Å². The summed E-state index contributed by atoms with van der Waals surface area (Å²) in [5, 5.41) is 3.37. The van der Waals surface area contributed by atoms with Gasteiger partial charge in [0.15, 0.2) is 0 Å². The summed E-state index contributed by atoms with van der Waals surface area (Å²) in [4.78, 5) is 0. The van der Waals surface area contributed by atoms with Gasteiger partial charge < -0.3 is 14.5 Å². The van der Waals surface area contributed by atoms with E-state index in [1.165, 1.54) is 5.56 Å². The van der Waals surface area contributed by atoms with Crippen molar-refractivity contribution in [3.8, 4) is 5.75 Å². The smallest absolute Gasteiger partial charge is 0.120 e. The fourth-order valence-corrected chi connectivity index (χ4v) is 2.03. The fourth-order valence-electron chi connectivity index (χ4n) is 2.03. The standard InChI is InChI=1S/C17H23NO2/c1-13(2)15-6-8-16(9-7-15)19-12-10-18-14(3)17-5-4-11-20-17/h4-9,11,13-14,18H,10,12H2,1-3H3. The van der Waals surface area contributed by atoms with Gasteiger partial charge in [-0.05, 0) is 42.7 Å². The maximum absolute atomic E-state index is 5.72. The van der Waals surface area contributed by atoms with E-state index in [4.69, 9.17) is 9.15 Å². The van der Waals surface area contributed by atoms with Gasteiger partial charge >= 0.3 is 0 Å². The van der Waals surface area contributed by atoms with Crippen molar-refractivity contribution in [3.63, 3.8) is 0 Å². The highest BCUT2D eigenvalue weighted by Crippen LogP contribution is 2.18. The molecule has 1 heterocycles. The molecule has 0 fully saturated rings. The topological polar surface area (TPSA) is 34.4 Å². The summed E-state index contributed by atoms with van der Waals surface area (Å²) < 4.78 is 11.1. The van der Waals surface area contributed by atoms with Crippen LogP contribution >= 0.6 is 0 Å². The number of hydrogen-bond acceptors (Lipinski definition) is 3. The number of benzene rings is 1. The molecule has 0 saturated carbocycles. The van der Waals surface area contributed by atoms with Crippen LogP contribution in [-0.2, 0) is 0 Å². The third-order valence-corrected chi connectivity index (χ3v) is 3.34. The normalized spacial score (nSPS) is 12.6. The van der Waals surface area contributed by atoms with E-state index in [1.807, 2.05) is 24.3 Å². The van der Waals surface area contributed by atoms with E-state index in [0.717, 1.165) is 18.1 Å². The van der Waals surface area contributed by atoms with E-state index < -0.39 is 0 Å². The molecule has 2 rings (SSSR count).